The van der Waals surface area contributed by atoms with E-state index in [1.54, 1.807) is 12.1 Å². The van der Waals surface area contributed by atoms with Gasteiger partial charge in [0, 0.05) is 11.5 Å². The standard InChI is InChI=1S/C22H30O4/c1-4-8-17(14-22(2,3)25)21(26-19-9-6-5-7-10-19)16-11-12-20(24)18(13-16)15-23/h5-7,9-13,17,21,23-25H,4,8,14-15H2,1-3H3. The molecule has 0 radical (unpaired) electrons. The van der Waals surface area contributed by atoms with Crippen molar-refractivity contribution in [2.75, 3.05) is 0 Å². The van der Waals surface area contributed by atoms with Crippen LogP contribution in [0.4, 0.5) is 0 Å². The summed E-state index contributed by atoms with van der Waals surface area (Å²) in [7, 11) is 0. The average Bonchev–Trinajstić information content (AvgIpc) is 2.60. The Bertz CT molecular complexity index is 676. The number of aliphatic hydroxyl groups is 2. The van der Waals surface area contributed by atoms with Gasteiger partial charge in [-0.25, -0.2) is 0 Å². The van der Waals surface area contributed by atoms with E-state index in [9.17, 15) is 15.3 Å². The van der Waals surface area contributed by atoms with Crippen LogP contribution in [-0.4, -0.2) is 20.9 Å². The first kappa shape index (κ1) is 20.3. The lowest BCUT2D eigenvalue weighted by atomic mass is 9.83. The molecule has 0 fully saturated rings. The highest BCUT2D eigenvalue weighted by molar-refractivity contribution is 5.37. The van der Waals surface area contributed by atoms with Crippen molar-refractivity contribution < 1.29 is 20.1 Å². The van der Waals surface area contributed by atoms with E-state index in [0.717, 1.165) is 24.2 Å². The Morgan fingerprint density at radius 1 is 1.08 bits per heavy atom. The minimum atomic E-state index is -0.811. The van der Waals surface area contributed by atoms with Crippen molar-refractivity contribution in [1.82, 2.24) is 0 Å². The van der Waals surface area contributed by atoms with Gasteiger partial charge in [0.15, 0.2) is 0 Å². The second kappa shape index (κ2) is 9.06. The summed E-state index contributed by atoms with van der Waals surface area (Å²) in [6.45, 7) is 5.50. The first-order valence-corrected chi connectivity index (χ1v) is 9.20. The van der Waals surface area contributed by atoms with Crippen LogP contribution in [-0.2, 0) is 6.61 Å². The maximum atomic E-state index is 10.4. The molecule has 2 aromatic rings. The van der Waals surface area contributed by atoms with Crippen molar-refractivity contribution in [1.29, 1.82) is 0 Å². The predicted octanol–water partition coefficient (Wildman–Crippen LogP) is 4.58. The number of rotatable bonds is 9. The SMILES string of the molecule is CCCC(CC(C)(C)O)C(Oc1ccccc1)c1ccc(O)c(CO)c1. The van der Waals surface area contributed by atoms with Crippen LogP contribution in [0.1, 0.15) is 57.3 Å². The molecule has 2 unspecified atom stereocenters. The highest BCUT2D eigenvalue weighted by Crippen LogP contribution is 2.37. The highest BCUT2D eigenvalue weighted by Gasteiger charge is 2.30. The molecule has 0 amide bonds. The molecule has 4 heteroatoms. The van der Waals surface area contributed by atoms with Gasteiger partial charge in [0.2, 0.25) is 0 Å². The summed E-state index contributed by atoms with van der Waals surface area (Å²) >= 11 is 0. The molecule has 0 spiro atoms. The molecule has 26 heavy (non-hydrogen) atoms. The molecule has 3 N–H and O–H groups in total. The molecule has 0 heterocycles. The van der Waals surface area contributed by atoms with E-state index < -0.39 is 5.60 Å². The average molecular weight is 358 g/mol. The van der Waals surface area contributed by atoms with Crippen molar-refractivity contribution >= 4 is 0 Å². The molecule has 4 nitrogen and oxygen atoms in total. The molecule has 0 saturated heterocycles. The zero-order valence-corrected chi connectivity index (χ0v) is 15.9. The quantitative estimate of drug-likeness (QED) is 0.613. The molecule has 0 bridgehead atoms. The van der Waals surface area contributed by atoms with Crippen LogP contribution < -0.4 is 4.74 Å². The Morgan fingerprint density at radius 3 is 2.35 bits per heavy atom. The second-order valence-electron chi connectivity index (χ2n) is 7.46. The molecule has 2 rings (SSSR count). The lowest BCUT2D eigenvalue weighted by molar-refractivity contribution is 0.0176. The van der Waals surface area contributed by atoms with Crippen molar-refractivity contribution in [2.45, 2.75) is 58.3 Å². The predicted molar refractivity (Wildman–Crippen MR) is 103 cm³/mol. The van der Waals surface area contributed by atoms with Crippen LogP contribution >= 0.6 is 0 Å². The van der Waals surface area contributed by atoms with Crippen LogP contribution in [0.5, 0.6) is 11.5 Å². The summed E-state index contributed by atoms with van der Waals surface area (Å²) in [5.41, 5.74) is 0.551. The maximum absolute atomic E-state index is 10.4. The lowest BCUT2D eigenvalue weighted by Crippen LogP contribution is -2.29. The van der Waals surface area contributed by atoms with Crippen molar-refractivity contribution in [3.8, 4) is 11.5 Å². The number of hydrogen-bond acceptors (Lipinski definition) is 4. The molecule has 0 aliphatic carbocycles. The summed E-state index contributed by atoms with van der Waals surface area (Å²) in [6, 6.07) is 14.8. The molecule has 0 aromatic heterocycles. The monoisotopic (exact) mass is 358 g/mol. The Hall–Kier alpha value is -2.04. The Labute approximate surface area is 156 Å². The third-order valence-electron chi connectivity index (χ3n) is 4.46. The molecule has 0 aliphatic rings. The van der Waals surface area contributed by atoms with Crippen molar-refractivity contribution in [2.24, 2.45) is 5.92 Å². The van der Waals surface area contributed by atoms with Gasteiger partial charge in [-0.15, -0.1) is 0 Å². The Balaban J connectivity index is 2.42. The van der Waals surface area contributed by atoms with E-state index in [2.05, 4.69) is 6.92 Å². The van der Waals surface area contributed by atoms with Crippen LogP contribution in [0.2, 0.25) is 0 Å². The van der Waals surface area contributed by atoms with Crippen molar-refractivity contribution in [3.05, 3.63) is 59.7 Å². The van der Waals surface area contributed by atoms with E-state index in [1.807, 2.05) is 50.2 Å². The summed E-state index contributed by atoms with van der Waals surface area (Å²) in [5, 5.41) is 29.8. The first-order valence-electron chi connectivity index (χ1n) is 9.20. The van der Waals surface area contributed by atoms with Crippen LogP contribution in [0.3, 0.4) is 0 Å². The molecule has 2 atom stereocenters. The molecule has 142 valence electrons. The summed E-state index contributed by atoms with van der Waals surface area (Å²) < 4.78 is 6.33. The smallest absolute Gasteiger partial charge is 0.127 e. The van der Waals surface area contributed by atoms with Crippen LogP contribution in [0.25, 0.3) is 0 Å². The fraction of sp³-hybridized carbons (Fsp3) is 0.455. The summed E-state index contributed by atoms with van der Waals surface area (Å²) in [5.74, 6) is 0.925. The Morgan fingerprint density at radius 2 is 1.77 bits per heavy atom. The topological polar surface area (TPSA) is 69.9 Å². The van der Waals surface area contributed by atoms with E-state index >= 15 is 0 Å². The summed E-state index contributed by atoms with van der Waals surface area (Å²) in [6.07, 6.45) is 2.18. The van der Waals surface area contributed by atoms with Crippen LogP contribution in [0, 0.1) is 5.92 Å². The lowest BCUT2D eigenvalue weighted by Gasteiger charge is -2.32. The van der Waals surface area contributed by atoms with Gasteiger partial charge >= 0.3 is 0 Å². The molecule has 2 aromatic carbocycles. The molecule has 0 aliphatic heterocycles. The van der Waals surface area contributed by atoms with Gasteiger partial charge < -0.3 is 20.1 Å². The number of benzene rings is 2. The fourth-order valence-electron chi connectivity index (χ4n) is 3.36. The third-order valence-corrected chi connectivity index (χ3v) is 4.46. The molecule has 0 saturated carbocycles. The van der Waals surface area contributed by atoms with Crippen molar-refractivity contribution in [3.63, 3.8) is 0 Å². The minimum Gasteiger partial charge on any atom is -0.508 e. The molecular weight excluding hydrogens is 328 g/mol. The second-order valence-corrected chi connectivity index (χ2v) is 7.46. The maximum Gasteiger partial charge on any atom is 0.127 e. The van der Waals surface area contributed by atoms with Gasteiger partial charge in [0.1, 0.15) is 17.6 Å². The number of aromatic hydroxyl groups is 1. The zero-order valence-electron chi connectivity index (χ0n) is 15.9. The van der Waals surface area contributed by atoms with Gasteiger partial charge in [-0.1, -0.05) is 37.6 Å². The molecular formula is C22H30O4. The number of phenols is 1. The van der Waals surface area contributed by atoms with E-state index in [0.29, 0.717) is 12.0 Å². The Kier molecular flexibility index (Phi) is 7.06. The highest BCUT2D eigenvalue weighted by atomic mass is 16.5. The van der Waals surface area contributed by atoms with Gasteiger partial charge in [-0.3, -0.25) is 0 Å². The first-order chi connectivity index (χ1) is 12.3. The summed E-state index contributed by atoms with van der Waals surface area (Å²) in [4.78, 5) is 0. The minimum absolute atomic E-state index is 0.0734. The van der Waals surface area contributed by atoms with Crippen LogP contribution in [0.15, 0.2) is 48.5 Å². The van der Waals surface area contributed by atoms with Gasteiger partial charge in [-0.05, 0) is 56.5 Å². The number of para-hydroxylation sites is 1. The number of ether oxygens (including phenoxy) is 1. The number of aliphatic hydroxyl groups excluding tert-OH is 1. The van der Waals surface area contributed by atoms with E-state index in [1.165, 1.54) is 0 Å². The number of hydrogen-bond donors (Lipinski definition) is 3. The largest absolute Gasteiger partial charge is 0.508 e. The van der Waals surface area contributed by atoms with E-state index in [-0.39, 0.29) is 24.4 Å². The van der Waals surface area contributed by atoms with E-state index in [4.69, 9.17) is 4.74 Å². The normalized spacial score (nSPS) is 14.0. The van der Waals surface area contributed by atoms with Gasteiger partial charge in [0.05, 0.1) is 12.2 Å². The third kappa shape index (κ3) is 5.75. The van der Waals surface area contributed by atoms with Gasteiger partial charge in [0.25, 0.3) is 0 Å². The zero-order chi connectivity index (χ0) is 19.2. The fourth-order valence-corrected chi connectivity index (χ4v) is 3.36. The van der Waals surface area contributed by atoms with Gasteiger partial charge in [-0.2, -0.15) is 0 Å².